The van der Waals surface area contributed by atoms with Gasteiger partial charge in [0.2, 0.25) is 0 Å². The first kappa shape index (κ1) is 13.7. The van der Waals surface area contributed by atoms with Crippen molar-refractivity contribution in [2.75, 3.05) is 0 Å². The van der Waals surface area contributed by atoms with Crippen molar-refractivity contribution in [3.8, 4) is 0 Å². The van der Waals surface area contributed by atoms with E-state index in [-0.39, 0.29) is 30.3 Å². The van der Waals surface area contributed by atoms with Gasteiger partial charge in [-0.25, -0.2) is 0 Å². The topological polar surface area (TPSA) is 58.0 Å². The highest BCUT2D eigenvalue weighted by atomic mass is 16.1. The Bertz CT molecular complexity index is 546. The van der Waals surface area contributed by atoms with E-state index in [2.05, 4.69) is 6.92 Å². The van der Waals surface area contributed by atoms with Crippen molar-refractivity contribution in [2.45, 2.75) is 38.5 Å². The van der Waals surface area contributed by atoms with Crippen LogP contribution in [0.25, 0.3) is 0 Å². The van der Waals surface area contributed by atoms with Crippen LogP contribution in [-0.2, 0) is 4.79 Å². The first-order valence-corrected chi connectivity index (χ1v) is 6.55. The number of carbonyl (C=O) groups is 2. The van der Waals surface area contributed by atoms with E-state index >= 15 is 0 Å². The standard InChI is InChI=1S/C16H18NO2/c1-3-4-11(17)8-15(18)14-9-16(19)13-7-10(2)5-6-12(13)14/h5-7,14,17H,1,3-4,8-9H2,2H3. The molecule has 0 aromatic heterocycles. The van der Waals surface area contributed by atoms with Gasteiger partial charge in [-0.1, -0.05) is 24.6 Å². The number of Topliss-reactive ketones (excluding diaryl/α,β-unsaturated/α-hetero) is 2. The number of hydrogen-bond donors (Lipinski definition) is 1. The maximum Gasteiger partial charge on any atom is 0.164 e. The predicted octanol–water partition coefficient (Wildman–Crippen LogP) is 3.26. The van der Waals surface area contributed by atoms with Gasteiger partial charge in [-0.05, 0) is 31.4 Å². The summed E-state index contributed by atoms with van der Waals surface area (Å²) in [5, 5.41) is 7.71. The fraction of sp³-hybridized carbons (Fsp3) is 0.375. The van der Waals surface area contributed by atoms with Crippen molar-refractivity contribution in [1.82, 2.24) is 0 Å². The highest BCUT2D eigenvalue weighted by Gasteiger charge is 2.33. The summed E-state index contributed by atoms with van der Waals surface area (Å²) in [6, 6.07) is 5.66. The molecule has 99 valence electrons. The molecular formula is C16H18NO2. The lowest BCUT2D eigenvalue weighted by Crippen LogP contribution is -2.14. The maximum absolute atomic E-state index is 12.2. The smallest absolute Gasteiger partial charge is 0.164 e. The Hall–Kier alpha value is -1.77. The van der Waals surface area contributed by atoms with E-state index in [0.29, 0.717) is 24.1 Å². The molecule has 0 saturated heterocycles. The summed E-state index contributed by atoms with van der Waals surface area (Å²) in [6.45, 7) is 5.62. The molecule has 3 nitrogen and oxygen atoms in total. The summed E-state index contributed by atoms with van der Waals surface area (Å²) in [4.78, 5) is 24.1. The number of nitrogens with one attached hydrogen (secondary N) is 1. The predicted molar refractivity (Wildman–Crippen MR) is 74.8 cm³/mol. The molecular weight excluding hydrogens is 238 g/mol. The third-order valence-electron chi connectivity index (χ3n) is 3.53. The van der Waals surface area contributed by atoms with Gasteiger partial charge in [0.05, 0.1) is 5.92 Å². The minimum atomic E-state index is -0.353. The SMILES string of the molecule is [CH2]CCC(=N)CC(=O)C1CC(=O)c2cc(C)ccc21. The molecule has 0 saturated carbocycles. The zero-order valence-corrected chi connectivity index (χ0v) is 11.2. The molecule has 0 aliphatic heterocycles. The quantitative estimate of drug-likeness (QED) is 0.822. The third-order valence-corrected chi connectivity index (χ3v) is 3.53. The summed E-state index contributed by atoms with van der Waals surface area (Å²) in [7, 11) is 0. The van der Waals surface area contributed by atoms with Gasteiger partial charge in [-0.15, -0.1) is 0 Å². The second kappa shape index (κ2) is 5.47. The van der Waals surface area contributed by atoms with Crippen LogP contribution in [0.1, 0.15) is 53.1 Å². The van der Waals surface area contributed by atoms with Crippen LogP contribution in [0.3, 0.4) is 0 Å². The van der Waals surface area contributed by atoms with Crippen LogP contribution in [0, 0.1) is 19.3 Å². The van der Waals surface area contributed by atoms with E-state index in [1.54, 1.807) is 0 Å². The average Bonchev–Trinajstić information content (AvgIpc) is 2.67. The number of benzene rings is 1. The van der Waals surface area contributed by atoms with Gasteiger partial charge in [0.25, 0.3) is 0 Å². The molecule has 1 unspecified atom stereocenters. The molecule has 1 atom stereocenters. The minimum absolute atomic E-state index is 0.0191. The number of aryl methyl sites for hydroxylation is 1. The zero-order valence-electron chi connectivity index (χ0n) is 11.2. The van der Waals surface area contributed by atoms with Crippen LogP contribution >= 0.6 is 0 Å². The first-order valence-electron chi connectivity index (χ1n) is 6.55. The lowest BCUT2D eigenvalue weighted by molar-refractivity contribution is -0.119. The lowest BCUT2D eigenvalue weighted by atomic mass is 9.92. The fourth-order valence-electron chi connectivity index (χ4n) is 2.54. The van der Waals surface area contributed by atoms with Gasteiger partial charge in [-0.2, -0.15) is 0 Å². The monoisotopic (exact) mass is 256 g/mol. The van der Waals surface area contributed by atoms with E-state index in [4.69, 9.17) is 5.41 Å². The Kier molecular flexibility index (Phi) is 3.93. The van der Waals surface area contributed by atoms with Crippen molar-refractivity contribution < 1.29 is 9.59 Å². The summed E-state index contributed by atoms with van der Waals surface area (Å²) in [6.07, 6.45) is 1.58. The van der Waals surface area contributed by atoms with Gasteiger partial charge in [-0.3, -0.25) is 9.59 Å². The van der Waals surface area contributed by atoms with Crippen LogP contribution in [0.15, 0.2) is 18.2 Å². The molecule has 1 aromatic rings. The van der Waals surface area contributed by atoms with Crippen LogP contribution in [0.5, 0.6) is 0 Å². The minimum Gasteiger partial charge on any atom is -0.309 e. The number of hydrogen-bond acceptors (Lipinski definition) is 3. The molecule has 0 fully saturated rings. The van der Waals surface area contributed by atoms with E-state index in [1.807, 2.05) is 25.1 Å². The van der Waals surface area contributed by atoms with Gasteiger partial charge < -0.3 is 5.41 Å². The van der Waals surface area contributed by atoms with Gasteiger partial charge in [0.15, 0.2) is 5.78 Å². The number of carbonyl (C=O) groups excluding carboxylic acids is 2. The Labute approximate surface area is 113 Å². The normalized spacial score (nSPS) is 17.4. The molecule has 19 heavy (non-hydrogen) atoms. The molecule has 1 radical (unpaired) electrons. The molecule has 3 heteroatoms. The molecule has 1 aliphatic rings. The van der Waals surface area contributed by atoms with Crippen molar-refractivity contribution in [1.29, 1.82) is 5.41 Å². The van der Waals surface area contributed by atoms with Crippen LogP contribution in [-0.4, -0.2) is 17.3 Å². The Balaban J connectivity index is 2.18. The third kappa shape index (κ3) is 2.80. The largest absolute Gasteiger partial charge is 0.309 e. The van der Waals surface area contributed by atoms with Crippen LogP contribution < -0.4 is 0 Å². The van der Waals surface area contributed by atoms with Crippen molar-refractivity contribution in [2.24, 2.45) is 0 Å². The summed E-state index contributed by atoms with van der Waals surface area (Å²) in [5.74, 6) is -0.330. The lowest BCUT2D eigenvalue weighted by Gasteiger charge is -2.10. The molecule has 1 aliphatic carbocycles. The zero-order chi connectivity index (χ0) is 14.0. The summed E-state index contributed by atoms with van der Waals surface area (Å²) in [5.41, 5.74) is 2.96. The highest BCUT2D eigenvalue weighted by Crippen LogP contribution is 2.35. The number of rotatable bonds is 5. The first-order chi connectivity index (χ1) is 9.02. The number of fused-ring (bicyclic) bond motifs is 1. The maximum atomic E-state index is 12.2. The Morgan fingerprint density at radius 3 is 2.89 bits per heavy atom. The molecule has 0 bridgehead atoms. The van der Waals surface area contributed by atoms with Gasteiger partial charge in [0, 0.05) is 24.1 Å². The fourth-order valence-corrected chi connectivity index (χ4v) is 2.54. The number of ketones is 2. The van der Waals surface area contributed by atoms with E-state index in [0.717, 1.165) is 11.1 Å². The molecule has 0 amide bonds. The second-order valence-electron chi connectivity index (χ2n) is 5.12. The molecule has 1 N–H and O–H groups in total. The van der Waals surface area contributed by atoms with Gasteiger partial charge in [0.1, 0.15) is 5.78 Å². The van der Waals surface area contributed by atoms with E-state index in [1.165, 1.54) is 0 Å². The van der Waals surface area contributed by atoms with E-state index < -0.39 is 0 Å². The summed E-state index contributed by atoms with van der Waals surface area (Å²) < 4.78 is 0. The van der Waals surface area contributed by atoms with Gasteiger partial charge >= 0.3 is 0 Å². The van der Waals surface area contributed by atoms with E-state index in [9.17, 15) is 9.59 Å². The van der Waals surface area contributed by atoms with Crippen molar-refractivity contribution >= 4 is 17.3 Å². The van der Waals surface area contributed by atoms with Crippen molar-refractivity contribution in [3.05, 3.63) is 41.8 Å². The average molecular weight is 256 g/mol. The van der Waals surface area contributed by atoms with Crippen LogP contribution in [0.2, 0.25) is 0 Å². The van der Waals surface area contributed by atoms with Crippen molar-refractivity contribution in [3.63, 3.8) is 0 Å². The summed E-state index contributed by atoms with van der Waals surface area (Å²) >= 11 is 0. The second-order valence-corrected chi connectivity index (χ2v) is 5.12. The Morgan fingerprint density at radius 1 is 1.47 bits per heavy atom. The molecule has 0 spiro atoms. The molecule has 1 aromatic carbocycles. The highest BCUT2D eigenvalue weighted by molar-refractivity contribution is 6.11. The molecule has 2 rings (SSSR count). The molecule has 0 heterocycles. The van der Waals surface area contributed by atoms with Crippen LogP contribution in [0.4, 0.5) is 0 Å². The Morgan fingerprint density at radius 2 is 2.21 bits per heavy atom.